The lowest BCUT2D eigenvalue weighted by molar-refractivity contribution is -0.113. The Morgan fingerprint density at radius 3 is 2.87 bits per heavy atom. The Labute approximate surface area is 186 Å². The number of hydrogen-bond acceptors (Lipinski definition) is 8. The molecule has 0 bridgehead atoms. The van der Waals surface area contributed by atoms with Crippen molar-refractivity contribution in [3.8, 4) is 22.8 Å². The second-order valence-corrected chi connectivity index (χ2v) is 7.59. The number of methoxy groups -OCH3 is 1. The zero-order valence-corrected chi connectivity index (χ0v) is 17.8. The van der Waals surface area contributed by atoms with E-state index in [1.165, 1.54) is 22.0 Å². The molecule has 0 aliphatic heterocycles. The van der Waals surface area contributed by atoms with Gasteiger partial charge >= 0.3 is 0 Å². The van der Waals surface area contributed by atoms with Gasteiger partial charge in [0.1, 0.15) is 18.4 Å². The number of rotatable bonds is 7. The number of thioether (sulfide) groups is 1. The minimum atomic E-state index is -0.268. The van der Waals surface area contributed by atoms with Crippen molar-refractivity contribution in [3.05, 3.63) is 60.1 Å². The van der Waals surface area contributed by atoms with Gasteiger partial charge in [-0.3, -0.25) is 4.79 Å². The lowest BCUT2D eigenvalue weighted by Crippen LogP contribution is -2.17. The van der Waals surface area contributed by atoms with E-state index in [-0.39, 0.29) is 11.7 Å². The van der Waals surface area contributed by atoms with Crippen LogP contribution in [-0.2, 0) is 4.79 Å². The maximum absolute atomic E-state index is 12.6. The van der Waals surface area contributed by atoms with Crippen LogP contribution >= 0.6 is 23.4 Å². The van der Waals surface area contributed by atoms with Gasteiger partial charge in [0.15, 0.2) is 5.82 Å². The molecule has 10 nitrogen and oxygen atoms in total. The van der Waals surface area contributed by atoms with E-state index in [1.54, 1.807) is 25.3 Å². The summed E-state index contributed by atoms with van der Waals surface area (Å²) in [5, 5.41) is 16.0. The summed E-state index contributed by atoms with van der Waals surface area (Å²) in [7, 11) is 1.57. The van der Waals surface area contributed by atoms with Crippen molar-refractivity contribution in [1.29, 1.82) is 0 Å². The second kappa shape index (κ2) is 9.06. The lowest BCUT2D eigenvalue weighted by atomic mass is 10.2. The third kappa shape index (κ3) is 4.47. The summed E-state index contributed by atoms with van der Waals surface area (Å²) < 4.78 is 8.22. The summed E-state index contributed by atoms with van der Waals surface area (Å²) in [6.07, 6.45) is 2.94. The molecule has 12 heteroatoms. The third-order valence-corrected chi connectivity index (χ3v) is 5.42. The van der Waals surface area contributed by atoms with E-state index < -0.39 is 0 Å². The Morgan fingerprint density at radius 1 is 1.26 bits per heavy atom. The lowest BCUT2D eigenvalue weighted by Gasteiger charge is -2.11. The molecule has 4 aromatic rings. The quantitative estimate of drug-likeness (QED) is 0.321. The van der Waals surface area contributed by atoms with E-state index in [1.807, 2.05) is 24.3 Å². The van der Waals surface area contributed by atoms with Gasteiger partial charge in [-0.2, -0.15) is 5.10 Å². The van der Waals surface area contributed by atoms with Gasteiger partial charge in [0.05, 0.1) is 29.8 Å². The van der Waals surface area contributed by atoms with Crippen molar-refractivity contribution in [2.75, 3.05) is 24.0 Å². The molecule has 0 saturated heterocycles. The van der Waals surface area contributed by atoms with Crippen molar-refractivity contribution in [2.24, 2.45) is 0 Å². The number of amides is 1. The smallest absolute Gasteiger partial charge is 0.234 e. The first-order valence-corrected chi connectivity index (χ1v) is 10.3. The van der Waals surface area contributed by atoms with Crippen molar-refractivity contribution < 1.29 is 9.53 Å². The summed E-state index contributed by atoms with van der Waals surface area (Å²) in [4.78, 5) is 16.5. The Kier molecular flexibility index (Phi) is 6.05. The number of ether oxygens (including phenoxy) is 1. The summed E-state index contributed by atoms with van der Waals surface area (Å²) in [6, 6.07) is 12.4. The average Bonchev–Trinajstić information content (AvgIpc) is 3.42. The van der Waals surface area contributed by atoms with Gasteiger partial charge in [0.25, 0.3) is 0 Å². The normalized spacial score (nSPS) is 10.8. The Bertz CT molecular complexity index is 1210. The van der Waals surface area contributed by atoms with Crippen molar-refractivity contribution in [3.63, 3.8) is 0 Å². The van der Waals surface area contributed by atoms with Crippen LogP contribution in [0.25, 0.3) is 17.1 Å². The van der Waals surface area contributed by atoms with Gasteiger partial charge in [-0.1, -0.05) is 35.5 Å². The third-order valence-electron chi connectivity index (χ3n) is 4.24. The minimum absolute atomic E-state index is 0.0601. The first-order chi connectivity index (χ1) is 15.1. The molecule has 0 atom stereocenters. The molecule has 1 amide bonds. The van der Waals surface area contributed by atoms with Gasteiger partial charge in [-0.25, -0.2) is 14.3 Å². The standard InChI is InChI=1S/C19H17ClN8O2S/c1-30-16-5-3-2-4-13(16)18-25-26-19(28(18)21)31-9-17(29)24-14-8-12(20)6-7-15(14)27-11-22-10-23-27/h2-8,10-11H,9,21H2,1H3,(H,24,29). The number of nitrogen functional groups attached to an aromatic ring is 1. The zero-order valence-electron chi connectivity index (χ0n) is 16.3. The van der Waals surface area contributed by atoms with E-state index in [9.17, 15) is 4.79 Å². The molecular weight excluding hydrogens is 440 g/mol. The van der Waals surface area contributed by atoms with Crippen LogP contribution in [-0.4, -0.2) is 48.4 Å². The van der Waals surface area contributed by atoms with Crippen molar-refractivity contribution in [1.82, 2.24) is 29.6 Å². The molecule has 0 aliphatic rings. The van der Waals surface area contributed by atoms with Gasteiger partial charge in [-0.05, 0) is 30.3 Å². The number of anilines is 1. The molecular formula is C19H17ClN8O2S. The van der Waals surface area contributed by atoms with Gasteiger partial charge in [0.2, 0.25) is 11.1 Å². The molecule has 0 radical (unpaired) electrons. The van der Waals surface area contributed by atoms with Crippen LogP contribution in [0, 0.1) is 0 Å². The van der Waals surface area contributed by atoms with Gasteiger partial charge in [0, 0.05) is 5.02 Å². The fourth-order valence-electron chi connectivity index (χ4n) is 2.85. The van der Waals surface area contributed by atoms with E-state index in [4.69, 9.17) is 22.2 Å². The number of hydrogen-bond donors (Lipinski definition) is 2. The fourth-order valence-corrected chi connectivity index (χ4v) is 3.67. The zero-order chi connectivity index (χ0) is 21.8. The largest absolute Gasteiger partial charge is 0.496 e. The fraction of sp³-hybridized carbons (Fsp3) is 0.105. The molecule has 2 heterocycles. The predicted molar refractivity (Wildman–Crippen MR) is 118 cm³/mol. The van der Waals surface area contributed by atoms with Crippen LogP contribution in [0.4, 0.5) is 5.69 Å². The maximum Gasteiger partial charge on any atom is 0.234 e. The van der Waals surface area contributed by atoms with Crippen LogP contribution in [0.15, 0.2) is 60.3 Å². The Balaban J connectivity index is 1.47. The molecule has 0 aliphatic carbocycles. The van der Waals surface area contributed by atoms with Gasteiger partial charge < -0.3 is 15.9 Å². The van der Waals surface area contributed by atoms with Crippen LogP contribution < -0.4 is 15.9 Å². The summed E-state index contributed by atoms with van der Waals surface area (Å²) >= 11 is 7.25. The van der Waals surface area contributed by atoms with Crippen molar-refractivity contribution in [2.45, 2.75) is 5.16 Å². The topological polar surface area (TPSA) is 126 Å². The number of halogens is 1. The number of aromatic nitrogens is 6. The molecule has 0 spiro atoms. The minimum Gasteiger partial charge on any atom is -0.496 e. The summed E-state index contributed by atoms with van der Waals surface area (Å²) in [5.74, 6) is 7.00. The van der Waals surface area contributed by atoms with Crippen LogP contribution in [0.3, 0.4) is 0 Å². The number of nitrogens with zero attached hydrogens (tertiary/aromatic N) is 6. The summed E-state index contributed by atoms with van der Waals surface area (Å²) in [6.45, 7) is 0. The van der Waals surface area contributed by atoms with E-state index in [0.29, 0.717) is 38.7 Å². The molecule has 0 saturated carbocycles. The first kappa shape index (κ1) is 20.7. The molecule has 4 rings (SSSR count). The molecule has 2 aromatic heterocycles. The Morgan fingerprint density at radius 2 is 2.10 bits per heavy atom. The Hall–Kier alpha value is -3.57. The van der Waals surface area contributed by atoms with Gasteiger partial charge in [-0.15, -0.1) is 10.2 Å². The monoisotopic (exact) mass is 456 g/mol. The maximum atomic E-state index is 12.6. The second-order valence-electron chi connectivity index (χ2n) is 6.21. The van der Waals surface area contributed by atoms with E-state index in [0.717, 1.165) is 11.8 Å². The highest BCUT2D eigenvalue weighted by molar-refractivity contribution is 7.99. The van der Waals surface area contributed by atoms with Crippen molar-refractivity contribution >= 4 is 35.0 Å². The molecule has 158 valence electrons. The first-order valence-electron chi connectivity index (χ1n) is 8.98. The van der Waals surface area contributed by atoms with E-state index >= 15 is 0 Å². The summed E-state index contributed by atoms with van der Waals surface area (Å²) in [5.41, 5.74) is 1.85. The predicted octanol–water partition coefficient (Wildman–Crippen LogP) is 2.63. The average molecular weight is 457 g/mol. The van der Waals surface area contributed by atoms with E-state index in [2.05, 4.69) is 25.6 Å². The SMILES string of the molecule is COc1ccccc1-c1nnc(SCC(=O)Nc2cc(Cl)ccc2-n2cncn2)n1N. The number of carbonyl (C=O) groups is 1. The molecule has 31 heavy (non-hydrogen) atoms. The highest BCUT2D eigenvalue weighted by Crippen LogP contribution is 2.29. The highest BCUT2D eigenvalue weighted by Gasteiger charge is 2.17. The molecule has 3 N–H and O–H groups in total. The number of nitrogens with one attached hydrogen (secondary N) is 1. The highest BCUT2D eigenvalue weighted by atomic mass is 35.5. The van der Waals surface area contributed by atoms with Crippen LogP contribution in [0.2, 0.25) is 5.02 Å². The number of para-hydroxylation sites is 1. The number of nitrogens with two attached hydrogens (primary N) is 1. The molecule has 0 fully saturated rings. The molecule has 2 aromatic carbocycles. The number of benzene rings is 2. The molecule has 0 unspecified atom stereocenters. The van der Waals surface area contributed by atoms with Crippen LogP contribution in [0.1, 0.15) is 0 Å². The van der Waals surface area contributed by atoms with Crippen LogP contribution in [0.5, 0.6) is 5.75 Å². The number of carbonyl (C=O) groups excluding carboxylic acids is 1.